The Morgan fingerprint density at radius 2 is 0.882 bits per heavy atom. The highest BCUT2D eigenvalue weighted by molar-refractivity contribution is 6.00. The summed E-state index contributed by atoms with van der Waals surface area (Å²) >= 11 is 0. The molecule has 0 aromatic heterocycles. The van der Waals surface area contributed by atoms with E-state index < -0.39 is 155 Å². The Balaban J connectivity index is 4.53. The van der Waals surface area contributed by atoms with Gasteiger partial charge in [-0.25, -0.2) is 0 Å². The van der Waals surface area contributed by atoms with Crippen LogP contribution >= 0.6 is 0 Å². The molecule has 1 aliphatic rings. The smallest absolute Gasteiger partial charge is 0.248 e. The average molecular weight is 1320 g/mol. The lowest BCUT2D eigenvalue weighted by molar-refractivity contribution is -0.157. The molecule has 0 aromatic rings. The van der Waals surface area contributed by atoms with E-state index >= 15 is 28.8 Å². The lowest BCUT2D eigenvalue weighted by Crippen LogP contribution is -2.64. The molecule has 1 rings (SSSR count). The Kier molecular flexibility index (Phi) is 36.1. The molecule has 0 aliphatic carbocycles. The average Bonchev–Trinajstić information content (AvgIpc) is 0.816. The fourth-order valence-electron chi connectivity index (χ4n) is 11.7. The number of ether oxygens (including phenoxy) is 1. The van der Waals surface area contributed by atoms with E-state index in [1.807, 2.05) is 80.5 Å². The molecular weight excluding hydrogens is 1190 g/mol. The molecule has 93 heavy (non-hydrogen) atoms. The molecule has 0 bridgehead atoms. The standard InChI is InChI=1S/C68H124N12O13/c1-27-29-31-45(15)57(81)56-61(85)71-48(28-2)63(87)78(24)53(38-93-33-30-32-73(18)19)66(90)74(20)50(35-40(5)6)60(84)72-54(43(11)12)67(91)75(21)49(34-39(3)4)59(83)69-46(16)58(82)70-47(17)62(86)76(22)51(36-41(7)8)64(88)77(23)52(37-42(9)10)65(89)79(25)55(44(13)14)68(92)80(56)26/h27,29,39-57,81H,28,30-38H2,1-26H3,(H,69,83)(H,70,82)(H,71,85)(H,72,84)/t45-,46+,47-,48+,49+,50+,51+,52+,53-,54+,55+,56+,57-/m1/s1. The minimum Gasteiger partial charge on any atom is -0.390 e. The number of likely N-dealkylation sites (N-methyl/N-ethyl adjacent to an activating group) is 7. The van der Waals surface area contributed by atoms with Crippen LogP contribution < -0.4 is 21.3 Å². The van der Waals surface area contributed by atoms with Gasteiger partial charge in [0, 0.05) is 55.9 Å². The zero-order valence-electron chi connectivity index (χ0n) is 61.6. The summed E-state index contributed by atoms with van der Waals surface area (Å²) in [6.45, 7) is 30.4. The third-order valence-corrected chi connectivity index (χ3v) is 17.6. The van der Waals surface area contributed by atoms with Crippen molar-refractivity contribution in [1.82, 2.24) is 60.5 Å². The van der Waals surface area contributed by atoms with Crippen LogP contribution in [0.25, 0.3) is 0 Å². The second-order valence-corrected chi connectivity index (χ2v) is 28.5. The van der Waals surface area contributed by atoms with Gasteiger partial charge in [-0.2, -0.15) is 0 Å². The fourth-order valence-corrected chi connectivity index (χ4v) is 11.7. The molecular formula is C68H124N12O13. The van der Waals surface area contributed by atoms with Crippen LogP contribution in [0.15, 0.2) is 12.2 Å². The predicted octanol–water partition coefficient (Wildman–Crippen LogP) is 3.61. The molecule has 0 radical (unpaired) electrons. The number of nitrogens with zero attached hydrogens (tertiary/aromatic N) is 8. The fraction of sp³-hybridized carbons (Fsp3) is 0.809. The summed E-state index contributed by atoms with van der Waals surface area (Å²) in [6, 6.07) is -14.1. The maximum Gasteiger partial charge on any atom is 0.248 e. The van der Waals surface area contributed by atoms with E-state index in [4.69, 9.17) is 4.74 Å². The molecule has 25 heteroatoms. The number of nitrogens with one attached hydrogen (secondary N) is 4. The molecule has 0 unspecified atom stereocenters. The topological polar surface area (TPSA) is 291 Å². The number of hydrogen-bond acceptors (Lipinski definition) is 14. The molecule has 0 spiro atoms. The van der Waals surface area contributed by atoms with Crippen LogP contribution in [0.2, 0.25) is 0 Å². The maximum absolute atomic E-state index is 15.3. The van der Waals surface area contributed by atoms with Gasteiger partial charge >= 0.3 is 0 Å². The van der Waals surface area contributed by atoms with Gasteiger partial charge < -0.3 is 70.3 Å². The zero-order chi connectivity index (χ0) is 72.0. The predicted molar refractivity (Wildman–Crippen MR) is 361 cm³/mol. The van der Waals surface area contributed by atoms with Crippen LogP contribution in [-0.2, 0) is 57.5 Å². The van der Waals surface area contributed by atoms with Gasteiger partial charge in [-0.1, -0.05) is 109 Å². The molecule has 534 valence electrons. The Bertz CT molecular complexity index is 2510. The van der Waals surface area contributed by atoms with Crippen LogP contribution in [0.4, 0.5) is 0 Å². The highest BCUT2D eigenvalue weighted by Crippen LogP contribution is 2.26. The van der Waals surface area contributed by atoms with Gasteiger partial charge in [0.25, 0.3) is 0 Å². The SMILES string of the molecule is CC=CC[C@@H](C)[C@@H](O)[C@H]1C(=O)N[C@@H](CC)C(=O)N(C)[C@H](COCCCN(C)C)C(=O)N(C)[C@@H](CC(C)C)C(=O)N[C@@H](C(C)C)C(=O)N(C)[C@@H](CC(C)C)C(=O)N[C@@H](C)C(=O)N[C@H](C)C(=O)N(C)[C@@H](CC(C)C)C(=O)N(C)[C@@H](CC(C)C)C(=O)N(C)[C@@H](C(C)C)C(=O)N1C. The minimum absolute atomic E-state index is 0.0224. The Labute approximate surface area is 557 Å². The van der Waals surface area contributed by atoms with Gasteiger partial charge in [-0.15, -0.1) is 0 Å². The molecule has 1 aliphatic heterocycles. The lowest BCUT2D eigenvalue weighted by atomic mass is 9.91. The lowest BCUT2D eigenvalue weighted by Gasteiger charge is -2.41. The van der Waals surface area contributed by atoms with E-state index in [2.05, 4.69) is 21.3 Å². The molecule has 13 atom stereocenters. The van der Waals surface area contributed by atoms with Crippen molar-refractivity contribution in [3.63, 3.8) is 0 Å². The zero-order valence-corrected chi connectivity index (χ0v) is 61.6. The van der Waals surface area contributed by atoms with Gasteiger partial charge in [-0.05, 0) is 128 Å². The number of allylic oxidation sites excluding steroid dienone is 2. The second kappa shape index (κ2) is 39.6. The third-order valence-electron chi connectivity index (χ3n) is 17.6. The molecule has 5 N–H and O–H groups in total. The molecule has 25 nitrogen and oxygen atoms in total. The number of aliphatic hydroxyl groups is 1. The van der Waals surface area contributed by atoms with Crippen LogP contribution in [0.1, 0.15) is 163 Å². The van der Waals surface area contributed by atoms with E-state index in [0.717, 1.165) is 9.80 Å². The number of hydrogen-bond donors (Lipinski definition) is 5. The highest BCUT2D eigenvalue weighted by atomic mass is 16.5. The Morgan fingerprint density at radius 3 is 1.33 bits per heavy atom. The molecule has 1 saturated heterocycles. The molecule has 1 fully saturated rings. The summed E-state index contributed by atoms with van der Waals surface area (Å²) < 4.78 is 6.13. The van der Waals surface area contributed by atoms with Gasteiger partial charge in [0.05, 0.1) is 12.7 Å². The highest BCUT2D eigenvalue weighted by Gasteiger charge is 2.46. The van der Waals surface area contributed by atoms with Crippen molar-refractivity contribution in [2.75, 3.05) is 83.2 Å². The number of carbonyl (C=O) groups is 11. The molecule has 0 saturated carbocycles. The van der Waals surface area contributed by atoms with Crippen LogP contribution in [0.5, 0.6) is 0 Å². The van der Waals surface area contributed by atoms with Gasteiger partial charge in [0.2, 0.25) is 65.0 Å². The van der Waals surface area contributed by atoms with E-state index in [1.54, 1.807) is 54.5 Å². The van der Waals surface area contributed by atoms with Crippen LogP contribution in [-0.4, -0.2) is 265 Å². The minimum atomic E-state index is -1.65. The first-order chi connectivity index (χ1) is 43.0. The van der Waals surface area contributed by atoms with E-state index in [0.29, 0.717) is 19.4 Å². The third kappa shape index (κ3) is 24.8. The van der Waals surface area contributed by atoms with Crippen molar-refractivity contribution >= 4 is 65.0 Å². The summed E-state index contributed by atoms with van der Waals surface area (Å²) in [6.07, 6.45) is 3.44. The summed E-state index contributed by atoms with van der Waals surface area (Å²) in [4.78, 5) is 174. The van der Waals surface area contributed by atoms with Gasteiger partial charge in [-0.3, -0.25) is 52.7 Å². The summed E-state index contributed by atoms with van der Waals surface area (Å²) in [5.74, 6) is -10.1. The largest absolute Gasteiger partial charge is 0.390 e. The van der Waals surface area contributed by atoms with Crippen molar-refractivity contribution in [2.45, 2.75) is 235 Å². The first kappa shape index (κ1) is 84.8. The van der Waals surface area contributed by atoms with Crippen LogP contribution in [0.3, 0.4) is 0 Å². The first-order valence-electron chi connectivity index (χ1n) is 33.6. The normalized spacial score (nSPS) is 26.5. The van der Waals surface area contributed by atoms with Crippen molar-refractivity contribution < 1.29 is 62.6 Å². The molecule has 1 heterocycles. The van der Waals surface area contributed by atoms with E-state index in [9.17, 15) is 29.1 Å². The number of carbonyl (C=O) groups excluding carboxylic acids is 11. The monoisotopic (exact) mass is 1320 g/mol. The van der Waals surface area contributed by atoms with Crippen molar-refractivity contribution in [3.05, 3.63) is 12.2 Å². The maximum atomic E-state index is 15.3. The second-order valence-electron chi connectivity index (χ2n) is 28.5. The van der Waals surface area contributed by atoms with Gasteiger partial charge in [0.1, 0.15) is 66.5 Å². The summed E-state index contributed by atoms with van der Waals surface area (Å²) in [5.41, 5.74) is 0. The van der Waals surface area contributed by atoms with Crippen molar-refractivity contribution in [1.29, 1.82) is 0 Å². The van der Waals surface area contributed by atoms with Crippen molar-refractivity contribution in [3.8, 4) is 0 Å². The molecule has 0 aromatic carbocycles. The van der Waals surface area contributed by atoms with Gasteiger partial charge in [0.15, 0.2) is 0 Å². The number of rotatable bonds is 21. The summed E-state index contributed by atoms with van der Waals surface area (Å²) in [7, 11) is 13.8. The number of amides is 11. The van der Waals surface area contributed by atoms with E-state index in [-0.39, 0.29) is 69.0 Å². The quantitative estimate of drug-likeness (QED) is 0.0811. The van der Waals surface area contributed by atoms with E-state index in [1.165, 1.54) is 87.7 Å². The Hall–Kier alpha value is -6.21. The van der Waals surface area contributed by atoms with Crippen LogP contribution in [0, 0.1) is 41.4 Å². The Morgan fingerprint density at radius 1 is 0.473 bits per heavy atom. The summed E-state index contributed by atoms with van der Waals surface area (Å²) in [5, 5.41) is 23.4. The number of aliphatic hydroxyl groups excluding tert-OH is 1. The van der Waals surface area contributed by atoms with Crippen molar-refractivity contribution in [2.24, 2.45) is 41.4 Å². The molecule has 11 amide bonds. The first-order valence-corrected chi connectivity index (χ1v) is 33.6.